The number of carbonyl (C=O) groups is 1. The number of hydrogen-bond donors (Lipinski definition) is 2. The monoisotopic (exact) mass is 323 g/mol. The summed E-state index contributed by atoms with van der Waals surface area (Å²) in [6.45, 7) is -0.0377. The molecule has 0 aliphatic heterocycles. The number of alkyl halides is 3. The summed E-state index contributed by atoms with van der Waals surface area (Å²) in [5, 5.41) is 12.3. The van der Waals surface area contributed by atoms with Crippen LogP contribution >= 0.6 is 0 Å². The van der Waals surface area contributed by atoms with E-state index in [-0.39, 0.29) is 12.1 Å². The van der Waals surface area contributed by atoms with E-state index in [1.54, 1.807) is 0 Å². The van der Waals surface area contributed by atoms with Gasteiger partial charge in [-0.05, 0) is 23.8 Å². The zero-order chi connectivity index (χ0) is 16.9. The van der Waals surface area contributed by atoms with Gasteiger partial charge in [0.05, 0.1) is 11.7 Å². The molecule has 2 rings (SSSR count). The molecule has 0 bridgehead atoms. The fraction of sp³-hybridized carbons (Fsp3) is 0.235. The summed E-state index contributed by atoms with van der Waals surface area (Å²) in [6.07, 6.45) is -4.96. The Balaban J connectivity index is 1.92. The number of rotatable bonds is 5. The fourth-order valence-electron chi connectivity index (χ4n) is 2.11. The number of benzene rings is 2. The maximum atomic E-state index is 12.6. The van der Waals surface area contributed by atoms with E-state index in [0.29, 0.717) is 6.42 Å². The molecule has 122 valence electrons. The van der Waals surface area contributed by atoms with Gasteiger partial charge in [0, 0.05) is 18.5 Å². The van der Waals surface area contributed by atoms with E-state index in [0.717, 1.165) is 17.7 Å². The van der Waals surface area contributed by atoms with Crippen molar-refractivity contribution in [3.05, 3.63) is 71.3 Å². The van der Waals surface area contributed by atoms with Crippen molar-refractivity contribution in [2.24, 2.45) is 0 Å². The molecule has 2 N–H and O–H groups in total. The second-order valence-electron chi connectivity index (χ2n) is 5.13. The first kappa shape index (κ1) is 17.0. The second-order valence-corrected chi connectivity index (χ2v) is 5.13. The third-order valence-electron chi connectivity index (χ3n) is 3.26. The highest BCUT2D eigenvalue weighted by Crippen LogP contribution is 2.29. The minimum absolute atomic E-state index is 0.0377. The summed E-state index contributed by atoms with van der Waals surface area (Å²) in [5.74, 6) is -0.650. The van der Waals surface area contributed by atoms with Gasteiger partial charge in [0.2, 0.25) is 0 Å². The molecule has 1 atom stereocenters. The summed E-state index contributed by atoms with van der Waals surface area (Å²) in [6, 6.07) is 13.4. The molecule has 2 aromatic carbocycles. The smallest absolute Gasteiger partial charge is 0.391 e. The second kappa shape index (κ2) is 7.28. The predicted octanol–water partition coefficient (Wildman–Crippen LogP) is 3.04. The minimum atomic E-state index is -4.50. The highest BCUT2D eigenvalue weighted by molar-refractivity contribution is 5.94. The molecule has 2 aromatic rings. The van der Waals surface area contributed by atoms with E-state index in [1.807, 2.05) is 30.3 Å². The zero-order valence-electron chi connectivity index (χ0n) is 12.2. The van der Waals surface area contributed by atoms with Gasteiger partial charge >= 0.3 is 6.18 Å². The first-order chi connectivity index (χ1) is 10.9. The Labute approximate surface area is 131 Å². The molecule has 6 heteroatoms. The molecule has 0 saturated carbocycles. The largest absolute Gasteiger partial charge is 0.416 e. The van der Waals surface area contributed by atoms with Crippen molar-refractivity contribution >= 4 is 5.91 Å². The lowest BCUT2D eigenvalue weighted by atomic mass is 10.1. The summed E-state index contributed by atoms with van der Waals surface area (Å²) in [7, 11) is 0. The maximum absolute atomic E-state index is 12.6. The maximum Gasteiger partial charge on any atom is 0.416 e. The fourth-order valence-corrected chi connectivity index (χ4v) is 2.11. The van der Waals surface area contributed by atoms with Crippen LogP contribution in [0.15, 0.2) is 54.6 Å². The van der Waals surface area contributed by atoms with Crippen LogP contribution in [0.1, 0.15) is 21.5 Å². The van der Waals surface area contributed by atoms with E-state index < -0.39 is 23.8 Å². The standard InChI is InChI=1S/C17H16F3NO2/c18-17(19,20)14-8-4-7-13(10-14)16(23)21-11-15(22)9-12-5-2-1-3-6-12/h1-8,10,15,22H,9,11H2,(H,21,23)/t15-/m1/s1. The lowest BCUT2D eigenvalue weighted by Crippen LogP contribution is -2.33. The van der Waals surface area contributed by atoms with Crippen LogP contribution < -0.4 is 5.32 Å². The van der Waals surface area contributed by atoms with Crippen molar-refractivity contribution in [3.8, 4) is 0 Å². The van der Waals surface area contributed by atoms with Gasteiger partial charge in [-0.1, -0.05) is 36.4 Å². The van der Waals surface area contributed by atoms with Gasteiger partial charge in [-0.3, -0.25) is 4.79 Å². The molecule has 23 heavy (non-hydrogen) atoms. The summed E-state index contributed by atoms with van der Waals surface area (Å²) in [5.41, 5.74) is -0.0602. The quantitative estimate of drug-likeness (QED) is 0.888. The van der Waals surface area contributed by atoms with Crippen molar-refractivity contribution in [2.45, 2.75) is 18.7 Å². The molecule has 0 heterocycles. The van der Waals surface area contributed by atoms with Gasteiger partial charge in [0.1, 0.15) is 0 Å². The van der Waals surface area contributed by atoms with Gasteiger partial charge in [-0.2, -0.15) is 13.2 Å². The highest BCUT2D eigenvalue weighted by Gasteiger charge is 2.30. The zero-order valence-corrected chi connectivity index (χ0v) is 12.2. The molecule has 0 aromatic heterocycles. The van der Waals surface area contributed by atoms with Crippen LogP contribution in [0.25, 0.3) is 0 Å². The van der Waals surface area contributed by atoms with Crippen molar-refractivity contribution in [2.75, 3.05) is 6.54 Å². The molecule has 1 amide bonds. The molecule has 0 aliphatic carbocycles. The Bertz CT molecular complexity index is 656. The van der Waals surface area contributed by atoms with E-state index in [2.05, 4.69) is 5.32 Å². The predicted molar refractivity (Wildman–Crippen MR) is 79.9 cm³/mol. The molecule has 3 nitrogen and oxygen atoms in total. The van der Waals surface area contributed by atoms with Crippen LogP contribution in [0, 0.1) is 0 Å². The van der Waals surface area contributed by atoms with E-state index in [4.69, 9.17) is 0 Å². The third kappa shape index (κ3) is 5.10. The molecule has 0 radical (unpaired) electrons. The van der Waals surface area contributed by atoms with Gasteiger partial charge in [-0.25, -0.2) is 0 Å². The Morgan fingerprint density at radius 1 is 1.09 bits per heavy atom. The van der Waals surface area contributed by atoms with Crippen LogP contribution in [-0.4, -0.2) is 23.7 Å². The lowest BCUT2D eigenvalue weighted by Gasteiger charge is -2.13. The van der Waals surface area contributed by atoms with Gasteiger partial charge in [0.15, 0.2) is 0 Å². The summed E-state index contributed by atoms with van der Waals surface area (Å²) in [4.78, 5) is 11.9. The van der Waals surface area contributed by atoms with Gasteiger partial charge in [0.25, 0.3) is 5.91 Å². The number of halogens is 3. The van der Waals surface area contributed by atoms with Crippen molar-refractivity contribution in [1.29, 1.82) is 0 Å². The van der Waals surface area contributed by atoms with Crippen LogP contribution in [0.3, 0.4) is 0 Å². The van der Waals surface area contributed by atoms with Crippen LogP contribution in [0.2, 0.25) is 0 Å². The summed E-state index contributed by atoms with van der Waals surface area (Å²) < 4.78 is 37.8. The molecule has 0 spiro atoms. The number of aliphatic hydroxyl groups excluding tert-OH is 1. The first-order valence-corrected chi connectivity index (χ1v) is 7.03. The first-order valence-electron chi connectivity index (χ1n) is 7.03. The van der Waals surface area contributed by atoms with Gasteiger partial charge < -0.3 is 10.4 Å². The average Bonchev–Trinajstić information content (AvgIpc) is 2.53. The Morgan fingerprint density at radius 2 is 1.78 bits per heavy atom. The minimum Gasteiger partial charge on any atom is -0.391 e. The van der Waals surface area contributed by atoms with Crippen molar-refractivity contribution in [1.82, 2.24) is 5.32 Å². The molecular weight excluding hydrogens is 307 g/mol. The number of carbonyl (C=O) groups excluding carboxylic acids is 1. The molecule has 0 unspecified atom stereocenters. The van der Waals surface area contributed by atoms with Crippen LogP contribution in [0.5, 0.6) is 0 Å². The number of nitrogens with one attached hydrogen (secondary N) is 1. The Kier molecular flexibility index (Phi) is 5.39. The van der Waals surface area contributed by atoms with E-state index in [9.17, 15) is 23.1 Å². The number of amides is 1. The van der Waals surface area contributed by atoms with Crippen molar-refractivity contribution < 1.29 is 23.1 Å². The Hall–Kier alpha value is -2.34. The van der Waals surface area contributed by atoms with E-state index >= 15 is 0 Å². The number of aliphatic hydroxyl groups is 1. The van der Waals surface area contributed by atoms with E-state index in [1.165, 1.54) is 12.1 Å². The van der Waals surface area contributed by atoms with Crippen LogP contribution in [0.4, 0.5) is 13.2 Å². The topological polar surface area (TPSA) is 49.3 Å². The highest BCUT2D eigenvalue weighted by atomic mass is 19.4. The molecule has 0 saturated heterocycles. The van der Waals surface area contributed by atoms with Crippen LogP contribution in [-0.2, 0) is 12.6 Å². The molecular formula is C17H16F3NO2. The molecule has 0 aliphatic rings. The van der Waals surface area contributed by atoms with Crippen molar-refractivity contribution in [3.63, 3.8) is 0 Å². The average molecular weight is 323 g/mol. The Morgan fingerprint density at radius 3 is 2.43 bits per heavy atom. The normalized spacial score (nSPS) is 12.7. The summed E-state index contributed by atoms with van der Waals surface area (Å²) >= 11 is 0. The number of hydrogen-bond acceptors (Lipinski definition) is 2. The third-order valence-corrected chi connectivity index (χ3v) is 3.26. The van der Waals surface area contributed by atoms with Gasteiger partial charge in [-0.15, -0.1) is 0 Å². The lowest BCUT2D eigenvalue weighted by molar-refractivity contribution is -0.137. The molecule has 0 fully saturated rings. The SMILES string of the molecule is O=C(NC[C@H](O)Cc1ccccc1)c1cccc(C(F)(F)F)c1.